The Bertz CT molecular complexity index is 416. The minimum absolute atomic E-state index is 0.0227. The van der Waals surface area contributed by atoms with Crippen LogP contribution in [0.5, 0.6) is 0 Å². The van der Waals surface area contributed by atoms with Gasteiger partial charge in [0.05, 0.1) is 5.54 Å². The monoisotopic (exact) mass is 247 g/mol. The van der Waals surface area contributed by atoms with Gasteiger partial charge in [-0.2, -0.15) is 0 Å². The molecule has 0 heterocycles. The highest BCUT2D eigenvalue weighted by Crippen LogP contribution is 2.31. The van der Waals surface area contributed by atoms with Gasteiger partial charge >= 0.3 is 0 Å². The lowest BCUT2D eigenvalue weighted by molar-refractivity contribution is 0.0837. The van der Waals surface area contributed by atoms with Crippen molar-refractivity contribution in [2.24, 2.45) is 5.73 Å². The van der Waals surface area contributed by atoms with Crippen LogP contribution in [0.1, 0.15) is 29.6 Å². The van der Waals surface area contributed by atoms with E-state index in [4.69, 9.17) is 5.73 Å². The van der Waals surface area contributed by atoms with Crippen molar-refractivity contribution in [2.45, 2.75) is 24.8 Å². The van der Waals surface area contributed by atoms with Gasteiger partial charge < -0.3 is 16.0 Å². The first kappa shape index (κ1) is 12.9. The average Bonchev–Trinajstić information content (AvgIpc) is 2.33. The highest BCUT2D eigenvalue weighted by molar-refractivity contribution is 5.95. The van der Waals surface area contributed by atoms with Crippen molar-refractivity contribution < 1.29 is 4.79 Å². The second-order valence-corrected chi connectivity index (χ2v) is 5.23. The Hall–Kier alpha value is -1.55. The number of nitrogens with two attached hydrogens (primary N) is 1. The molecule has 1 fully saturated rings. The molecule has 1 aromatic rings. The minimum Gasteiger partial charge on any atom is -0.378 e. The predicted octanol–water partition coefficient (Wildman–Crippen LogP) is 1.36. The number of amides is 1. The van der Waals surface area contributed by atoms with Gasteiger partial charge in [-0.05, 0) is 43.5 Å². The summed E-state index contributed by atoms with van der Waals surface area (Å²) in [6.07, 6.45) is 3.13. The molecule has 0 aromatic heterocycles. The zero-order valence-corrected chi connectivity index (χ0v) is 11.1. The number of benzene rings is 1. The quantitative estimate of drug-likeness (QED) is 0.844. The maximum Gasteiger partial charge on any atom is 0.251 e. The van der Waals surface area contributed by atoms with E-state index in [2.05, 4.69) is 5.32 Å². The summed E-state index contributed by atoms with van der Waals surface area (Å²) in [6, 6.07) is 7.61. The third-order valence-corrected chi connectivity index (χ3v) is 3.73. The lowest BCUT2D eigenvalue weighted by Gasteiger charge is -2.41. The van der Waals surface area contributed by atoms with Crippen LogP contribution in [0.4, 0.5) is 5.69 Å². The van der Waals surface area contributed by atoms with E-state index in [0.717, 1.165) is 24.9 Å². The molecule has 4 nitrogen and oxygen atoms in total. The molecule has 0 spiro atoms. The normalized spacial score (nSPS) is 16.8. The first-order valence-electron chi connectivity index (χ1n) is 6.36. The maximum absolute atomic E-state index is 12.1. The van der Waals surface area contributed by atoms with Crippen LogP contribution in [0.25, 0.3) is 0 Å². The number of hydrogen-bond acceptors (Lipinski definition) is 3. The summed E-state index contributed by atoms with van der Waals surface area (Å²) < 4.78 is 0. The van der Waals surface area contributed by atoms with Crippen molar-refractivity contribution in [3.63, 3.8) is 0 Å². The van der Waals surface area contributed by atoms with E-state index in [-0.39, 0.29) is 11.4 Å². The van der Waals surface area contributed by atoms with E-state index in [0.29, 0.717) is 12.1 Å². The molecular weight excluding hydrogens is 226 g/mol. The van der Waals surface area contributed by atoms with E-state index in [1.54, 1.807) is 0 Å². The fourth-order valence-electron chi connectivity index (χ4n) is 2.21. The second-order valence-electron chi connectivity index (χ2n) is 5.23. The summed E-state index contributed by atoms with van der Waals surface area (Å²) in [5, 5.41) is 3.07. The lowest BCUT2D eigenvalue weighted by atomic mass is 9.76. The van der Waals surface area contributed by atoms with E-state index < -0.39 is 0 Å². The molecule has 1 aromatic carbocycles. The van der Waals surface area contributed by atoms with Crippen molar-refractivity contribution in [1.29, 1.82) is 0 Å². The summed E-state index contributed by atoms with van der Waals surface area (Å²) in [6.45, 7) is 0.522. The molecule has 0 bridgehead atoms. The van der Waals surface area contributed by atoms with Crippen molar-refractivity contribution in [2.75, 3.05) is 25.5 Å². The number of nitrogens with zero attached hydrogens (tertiary/aromatic N) is 1. The van der Waals surface area contributed by atoms with Gasteiger partial charge in [-0.1, -0.05) is 0 Å². The molecule has 0 aliphatic heterocycles. The first-order valence-corrected chi connectivity index (χ1v) is 6.36. The smallest absolute Gasteiger partial charge is 0.251 e. The largest absolute Gasteiger partial charge is 0.378 e. The Morgan fingerprint density at radius 3 is 2.33 bits per heavy atom. The zero-order valence-electron chi connectivity index (χ0n) is 11.1. The number of carbonyl (C=O) groups excluding carboxylic acids is 1. The average molecular weight is 247 g/mol. The molecule has 0 atom stereocenters. The summed E-state index contributed by atoms with van der Waals surface area (Å²) in [7, 11) is 3.96. The molecule has 3 N–H and O–H groups in total. The van der Waals surface area contributed by atoms with Crippen LogP contribution in [-0.2, 0) is 0 Å². The molecule has 1 saturated carbocycles. The van der Waals surface area contributed by atoms with E-state index in [1.165, 1.54) is 0 Å². The number of hydrogen-bond donors (Lipinski definition) is 2. The van der Waals surface area contributed by atoms with Crippen LogP contribution in [0.2, 0.25) is 0 Å². The lowest BCUT2D eigenvalue weighted by Crippen LogP contribution is -2.58. The fourth-order valence-corrected chi connectivity index (χ4v) is 2.21. The Kier molecular flexibility index (Phi) is 3.57. The molecule has 2 rings (SSSR count). The molecule has 0 unspecified atom stereocenters. The van der Waals surface area contributed by atoms with Gasteiger partial charge in [0, 0.05) is 31.9 Å². The Balaban J connectivity index is 2.05. The minimum atomic E-state index is -0.155. The van der Waals surface area contributed by atoms with Crippen LogP contribution < -0.4 is 16.0 Å². The molecule has 98 valence electrons. The summed E-state index contributed by atoms with van der Waals surface area (Å²) >= 11 is 0. The van der Waals surface area contributed by atoms with Crippen molar-refractivity contribution in [3.8, 4) is 0 Å². The van der Waals surface area contributed by atoms with Gasteiger partial charge in [0.1, 0.15) is 0 Å². The van der Waals surface area contributed by atoms with Gasteiger partial charge in [-0.3, -0.25) is 4.79 Å². The second kappa shape index (κ2) is 4.98. The van der Waals surface area contributed by atoms with Crippen LogP contribution in [0.3, 0.4) is 0 Å². The van der Waals surface area contributed by atoms with Crippen LogP contribution in [-0.4, -0.2) is 32.1 Å². The number of anilines is 1. The van der Waals surface area contributed by atoms with Crippen molar-refractivity contribution in [3.05, 3.63) is 29.8 Å². The molecule has 1 amide bonds. The first-order chi connectivity index (χ1) is 8.56. The summed E-state index contributed by atoms with van der Waals surface area (Å²) in [4.78, 5) is 14.1. The molecule has 18 heavy (non-hydrogen) atoms. The van der Waals surface area contributed by atoms with E-state index >= 15 is 0 Å². The van der Waals surface area contributed by atoms with Crippen LogP contribution in [0.15, 0.2) is 24.3 Å². The summed E-state index contributed by atoms with van der Waals surface area (Å²) in [5.74, 6) is -0.0227. The van der Waals surface area contributed by atoms with Crippen molar-refractivity contribution >= 4 is 11.6 Å². The van der Waals surface area contributed by atoms with Gasteiger partial charge in [0.15, 0.2) is 0 Å². The number of carbonyl (C=O) groups is 1. The van der Waals surface area contributed by atoms with Gasteiger partial charge in [0.2, 0.25) is 0 Å². The highest BCUT2D eigenvalue weighted by atomic mass is 16.1. The molecule has 1 aliphatic rings. The predicted molar refractivity (Wildman–Crippen MR) is 73.9 cm³/mol. The molecule has 0 radical (unpaired) electrons. The van der Waals surface area contributed by atoms with E-state index in [9.17, 15) is 4.79 Å². The van der Waals surface area contributed by atoms with E-state index in [1.807, 2.05) is 43.3 Å². The molecule has 0 saturated heterocycles. The molecule has 1 aliphatic carbocycles. The van der Waals surface area contributed by atoms with Gasteiger partial charge in [-0.25, -0.2) is 0 Å². The molecular formula is C14H21N3O. The Morgan fingerprint density at radius 2 is 1.94 bits per heavy atom. The molecule has 4 heteroatoms. The van der Waals surface area contributed by atoms with Gasteiger partial charge in [0.25, 0.3) is 5.91 Å². The van der Waals surface area contributed by atoms with Crippen LogP contribution >= 0.6 is 0 Å². The maximum atomic E-state index is 12.1. The Labute approximate surface area is 108 Å². The third kappa shape index (κ3) is 2.48. The topological polar surface area (TPSA) is 58.4 Å². The third-order valence-electron chi connectivity index (χ3n) is 3.73. The SMILES string of the molecule is CN(C)c1ccc(C(=O)NC2(CN)CCC2)cc1. The van der Waals surface area contributed by atoms with Crippen LogP contribution in [0, 0.1) is 0 Å². The van der Waals surface area contributed by atoms with Crippen molar-refractivity contribution in [1.82, 2.24) is 5.32 Å². The Morgan fingerprint density at radius 1 is 1.33 bits per heavy atom. The zero-order chi connectivity index (χ0) is 13.2. The standard InChI is InChI=1S/C14H21N3O/c1-17(2)12-6-4-11(5-7-12)13(18)16-14(10-15)8-3-9-14/h4-7H,3,8-10,15H2,1-2H3,(H,16,18). The highest BCUT2D eigenvalue weighted by Gasteiger charge is 2.36. The number of rotatable bonds is 4. The number of nitrogens with one attached hydrogen (secondary N) is 1. The summed E-state index contributed by atoms with van der Waals surface area (Å²) in [5.41, 5.74) is 7.36. The van der Waals surface area contributed by atoms with Gasteiger partial charge in [-0.15, -0.1) is 0 Å². The fraction of sp³-hybridized carbons (Fsp3) is 0.500.